The van der Waals surface area contributed by atoms with Gasteiger partial charge in [-0.2, -0.15) is 42.3 Å². The van der Waals surface area contributed by atoms with Gasteiger partial charge in [0.2, 0.25) is 0 Å². The van der Waals surface area contributed by atoms with Crippen LogP contribution in [0.4, 0.5) is 0 Å². The number of nitrogens with one attached hydrogen (secondary N) is 1. The average molecular weight is 240 g/mol. The first-order chi connectivity index (χ1) is 5.24. The summed E-state index contributed by atoms with van der Waals surface area (Å²) in [5.41, 5.74) is 0. The fourth-order valence-electron chi connectivity index (χ4n) is 0. The van der Waals surface area contributed by atoms with Crippen LogP contribution in [0.3, 0.4) is 0 Å². The van der Waals surface area contributed by atoms with Crippen molar-refractivity contribution in [2.45, 2.75) is 0 Å². The second-order valence-electron chi connectivity index (χ2n) is 1.34. The number of rotatable bonds is 0. The van der Waals surface area contributed by atoms with Crippen molar-refractivity contribution < 1.29 is 20.9 Å². The maximum absolute atomic E-state index is 5.80. The summed E-state index contributed by atoms with van der Waals surface area (Å²) in [4.78, 5) is 0. The van der Waals surface area contributed by atoms with Gasteiger partial charge in [0, 0.05) is 0 Å². The molecule has 0 fully saturated rings. The summed E-state index contributed by atoms with van der Waals surface area (Å²) in [6.45, 7) is 0. The molecule has 0 atom stereocenters. The first-order valence-electron chi connectivity index (χ1n) is 2.91. The van der Waals surface area contributed by atoms with E-state index in [9.17, 15) is 0 Å². The Balaban J connectivity index is -0.0000000301. The van der Waals surface area contributed by atoms with E-state index in [0.29, 0.717) is 0 Å². The van der Waals surface area contributed by atoms with E-state index < -0.39 is 0 Å². The molecule has 0 aromatic rings. The molecule has 0 saturated carbocycles. The summed E-state index contributed by atoms with van der Waals surface area (Å²) in [7, 11) is 10.5. The molecular weight excluding hydrogens is 221 g/mol. The van der Waals surface area contributed by atoms with Crippen LogP contribution < -0.4 is 0 Å². The topological polar surface area (TPSA) is 66.2 Å². The maximum atomic E-state index is 5.80. The molecule has 4 nitrogen and oxygen atoms in total. The summed E-state index contributed by atoms with van der Waals surface area (Å²) in [5, 5.41) is 10.5. The molecule has 0 aliphatic rings. The Kier molecular flexibility index (Phi) is 162. The standard InChI is InChI=1S/3C2H6N.HN.Nb/c3*1-3-2;;/h3*1-2H3;1H;/q3*-1;;. The third-order valence-electron chi connectivity index (χ3n) is 0. The van der Waals surface area contributed by atoms with Crippen molar-refractivity contribution in [1.29, 1.82) is 3.76 Å². The van der Waals surface area contributed by atoms with E-state index in [1.807, 2.05) is 0 Å². The van der Waals surface area contributed by atoms with Crippen molar-refractivity contribution in [1.82, 2.24) is 0 Å². The van der Waals surface area contributed by atoms with Crippen LogP contribution in [0.5, 0.6) is 0 Å². The number of hydrogen-bond acceptors (Lipinski definition) is 1. The summed E-state index contributed by atoms with van der Waals surface area (Å²) >= 11 is 1.00. The molecule has 5 heteroatoms. The van der Waals surface area contributed by atoms with E-state index in [4.69, 9.17) is 3.76 Å². The van der Waals surface area contributed by atoms with Crippen LogP contribution in [0.25, 0.3) is 16.0 Å². The quantitative estimate of drug-likeness (QED) is 0.630. The molecule has 0 rings (SSSR count). The predicted octanol–water partition coefficient (Wildman–Crippen LogP) is 2.15. The Morgan fingerprint density at radius 2 is 0.636 bits per heavy atom. The molecule has 0 bridgehead atoms. The fraction of sp³-hybridized carbons (Fsp3) is 1.00. The number of nitrogens with zero attached hydrogens (tertiary/aromatic N) is 3. The SMILES string of the molecule is C[N-]C.C[N-]C.C[N-]C.[NH]=[Nb]. The Morgan fingerprint density at radius 3 is 0.636 bits per heavy atom. The Labute approximate surface area is 83.1 Å². The van der Waals surface area contributed by atoms with Gasteiger partial charge >= 0.3 is 24.6 Å². The molecule has 0 aromatic carbocycles. The summed E-state index contributed by atoms with van der Waals surface area (Å²) < 4.78 is 5.80. The second kappa shape index (κ2) is 79.0. The zero-order chi connectivity index (χ0) is 10.1. The van der Waals surface area contributed by atoms with Crippen LogP contribution in [-0.4, -0.2) is 42.3 Å². The fourth-order valence-corrected chi connectivity index (χ4v) is 0. The van der Waals surface area contributed by atoms with E-state index in [2.05, 4.69) is 16.0 Å². The molecule has 0 unspecified atom stereocenters. The van der Waals surface area contributed by atoms with Gasteiger partial charge in [-0.15, -0.1) is 0 Å². The van der Waals surface area contributed by atoms with Gasteiger partial charge in [0.15, 0.2) is 0 Å². The molecule has 11 heavy (non-hydrogen) atoms. The van der Waals surface area contributed by atoms with Crippen LogP contribution in [0.15, 0.2) is 0 Å². The van der Waals surface area contributed by atoms with Crippen molar-refractivity contribution >= 4 is 0 Å². The Hall–Kier alpha value is 0.420. The van der Waals surface area contributed by atoms with Gasteiger partial charge in [-0.05, 0) is 0 Å². The van der Waals surface area contributed by atoms with E-state index in [1.54, 1.807) is 42.3 Å². The average Bonchev–Trinajstić information content (AvgIpc) is 1.96. The molecule has 0 spiro atoms. The van der Waals surface area contributed by atoms with Gasteiger partial charge in [0.25, 0.3) is 0 Å². The second-order valence-corrected chi connectivity index (χ2v) is 1.34. The Bertz CT molecular complexity index is 25.8. The zero-order valence-corrected chi connectivity index (χ0v) is 10.5. The first kappa shape index (κ1) is 22.5. The van der Waals surface area contributed by atoms with E-state index in [0.717, 1.165) is 20.9 Å². The first-order valence-corrected chi connectivity index (χ1v) is 4.01. The van der Waals surface area contributed by atoms with E-state index in [1.165, 1.54) is 0 Å². The summed E-state index contributed by atoms with van der Waals surface area (Å²) in [5.74, 6) is 0. The molecule has 0 amide bonds. The molecule has 0 aliphatic carbocycles. The molecule has 0 radical (unpaired) electrons. The van der Waals surface area contributed by atoms with Gasteiger partial charge in [0.1, 0.15) is 0 Å². The number of hydrogen-bond donors (Lipinski definition) is 1. The van der Waals surface area contributed by atoms with Crippen molar-refractivity contribution in [2.24, 2.45) is 0 Å². The van der Waals surface area contributed by atoms with Gasteiger partial charge in [-0.3, -0.25) is 0 Å². The van der Waals surface area contributed by atoms with Crippen LogP contribution in [0.1, 0.15) is 0 Å². The van der Waals surface area contributed by atoms with E-state index in [-0.39, 0.29) is 0 Å². The molecule has 1 N–H and O–H groups in total. The van der Waals surface area contributed by atoms with Gasteiger partial charge in [-0.25, -0.2) is 0 Å². The van der Waals surface area contributed by atoms with Gasteiger partial charge in [-0.1, -0.05) is 0 Å². The normalized spacial score (nSPS) is 5.18. The predicted molar refractivity (Wildman–Crippen MR) is 48.3 cm³/mol. The van der Waals surface area contributed by atoms with Crippen molar-refractivity contribution in [3.8, 4) is 0 Å². The third kappa shape index (κ3) is 4180. The molecule has 0 aromatic heterocycles. The molecule has 0 aliphatic heterocycles. The van der Waals surface area contributed by atoms with Crippen molar-refractivity contribution in [3.63, 3.8) is 0 Å². The van der Waals surface area contributed by atoms with Crippen LogP contribution in [0.2, 0.25) is 0 Å². The third-order valence-corrected chi connectivity index (χ3v) is 0. The molecule has 0 saturated heterocycles. The molecule has 0 heterocycles. The minimum atomic E-state index is 1.00. The van der Waals surface area contributed by atoms with Gasteiger partial charge < -0.3 is 16.0 Å². The van der Waals surface area contributed by atoms with Crippen LogP contribution >= 0.6 is 0 Å². The molecular formula is C6H19N4Nb-3. The monoisotopic (exact) mass is 240 g/mol. The Morgan fingerprint density at radius 1 is 0.636 bits per heavy atom. The summed E-state index contributed by atoms with van der Waals surface area (Å²) in [6.07, 6.45) is 0. The summed E-state index contributed by atoms with van der Waals surface area (Å²) in [6, 6.07) is 0. The zero-order valence-electron chi connectivity index (χ0n) is 8.29. The van der Waals surface area contributed by atoms with Gasteiger partial charge in [0.05, 0.1) is 0 Å². The van der Waals surface area contributed by atoms with Crippen LogP contribution in [0, 0.1) is 3.76 Å². The van der Waals surface area contributed by atoms with Crippen molar-refractivity contribution in [3.05, 3.63) is 16.0 Å². The van der Waals surface area contributed by atoms with Crippen LogP contribution in [-0.2, 0) is 20.9 Å². The minimum absolute atomic E-state index is 1.00. The van der Waals surface area contributed by atoms with Crippen molar-refractivity contribution in [2.75, 3.05) is 42.3 Å². The van der Waals surface area contributed by atoms with E-state index >= 15 is 0 Å². The molecule has 71 valence electrons.